The first-order chi connectivity index (χ1) is 12.5. The average Bonchev–Trinajstić information content (AvgIpc) is 3.04. The first-order valence-electron chi connectivity index (χ1n) is 9.15. The van der Waals surface area contributed by atoms with Crippen molar-refractivity contribution in [2.24, 2.45) is 0 Å². The zero-order chi connectivity index (χ0) is 17.8. The van der Waals surface area contributed by atoms with Crippen LogP contribution < -0.4 is 0 Å². The molecular weight excluding hydrogens is 344 g/mol. The van der Waals surface area contributed by atoms with Crippen LogP contribution in [-0.4, -0.2) is 62.4 Å². The molecule has 26 heavy (non-hydrogen) atoms. The van der Waals surface area contributed by atoms with Gasteiger partial charge in [0.05, 0.1) is 0 Å². The highest BCUT2D eigenvalue weighted by atomic mass is 16.8. The summed E-state index contributed by atoms with van der Waals surface area (Å²) < 4.78 is 46.6. The largest absolute Gasteiger partial charge is 0.463 e. The van der Waals surface area contributed by atoms with E-state index in [0.29, 0.717) is 64.0 Å². The van der Waals surface area contributed by atoms with Crippen LogP contribution in [0.15, 0.2) is 25.0 Å². The number of rotatable bonds is 0. The molecular formula is C18H24O8. The molecule has 0 radical (unpaired) electrons. The minimum absolute atomic E-state index is 0.146. The van der Waals surface area contributed by atoms with Crippen molar-refractivity contribution in [2.75, 3.05) is 26.4 Å². The van der Waals surface area contributed by atoms with Gasteiger partial charge in [0.1, 0.15) is 50.8 Å². The lowest BCUT2D eigenvalue weighted by Crippen LogP contribution is -2.45. The summed E-state index contributed by atoms with van der Waals surface area (Å²) in [7, 11) is 0. The minimum Gasteiger partial charge on any atom is -0.463 e. The molecule has 5 fully saturated rings. The quantitative estimate of drug-likeness (QED) is 0.638. The molecule has 5 rings (SSSR count). The molecule has 4 aliphatic heterocycles. The second-order valence-corrected chi connectivity index (χ2v) is 7.43. The van der Waals surface area contributed by atoms with Crippen molar-refractivity contribution in [1.29, 1.82) is 0 Å². The Morgan fingerprint density at radius 3 is 1.08 bits per heavy atom. The van der Waals surface area contributed by atoms with Gasteiger partial charge < -0.3 is 37.9 Å². The molecule has 0 aromatic heterocycles. The van der Waals surface area contributed by atoms with Crippen LogP contribution in [0.5, 0.6) is 0 Å². The molecule has 4 atom stereocenters. The van der Waals surface area contributed by atoms with E-state index >= 15 is 0 Å². The zero-order valence-electron chi connectivity index (χ0n) is 14.6. The third-order valence-corrected chi connectivity index (χ3v) is 5.70. The van der Waals surface area contributed by atoms with Gasteiger partial charge in [-0.05, 0) is 13.2 Å². The molecule has 1 aliphatic carbocycles. The predicted octanol–water partition coefficient (Wildman–Crippen LogP) is 1.56. The van der Waals surface area contributed by atoms with Crippen LogP contribution in [0.3, 0.4) is 0 Å². The molecule has 144 valence electrons. The van der Waals surface area contributed by atoms with Crippen molar-refractivity contribution in [2.45, 2.75) is 61.7 Å². The molecule has 8 heteroatoms. The van der Waals surface area contributed by atoms with Gasteiger partial charge in [-0.3, -0.25) is 0 Å². The number of hydrogen-bond donors (Lipinski definition) is 0. The topological polar surface area (TPSA) is 73.8 Å². The molecule has 4 heterocycles. The van der Waals surface area contributed by atoms with Crippen LogP contribution in [-0.2, 0) is 37.9 Å². The molecule has 8 nitrogen and oxygen atoms in total. The molecule has 5 aliphatic rings. The Morgan fingerprint density at radius 2 is 0.808 bits per heavy atom. The van der Waals surface area contributed by atoms with E-state index in [-0.39, 0.29) is 24.4 Å². The number of hydrogen-bond acceptors (Lipinski definition) is 8. The van der Waals surface area contributed by atoms with E-state index in [2.05, 4.69) is 13.2 Å². The molecule has 0 aromatic carbocycles. The summed E-state index contributed by atoms with van der Waals surface area (Å²) in [6.07, 6.45) is 2.17. The Hall–Kier alpha value is -1.48. The maximum Gasteiger partial charge on any atom is 0.271 e. The van der Waals surface area contributed by atoms with E-state index in [1.807, 2.05) is 0 Å². The van der Waals surface area contributed by atoms with E-state index in [1.165, 1.54) is 0 Å². The number of ether oxygens (including phenoxy) is 8. The van der Waals surface area contributed by atoms with Gasteiger partial charge in [-0.15, -0.1) is 0 Å². The van der Waals surface area contributed by atoms with Crippen LogP contribution in [0.2, 0.25) is 0 Å². The summed E-state index contributed by atoms with van der Waals surface area (Å²) in [5.74, 6) is -0.599. The summed E-state index contributed by atoms with van der Waals surface area (Å²) in [6.45, 7) is 8.95. The van der Waals surface area contributed by atoms with Crippen molar-refractivity contribution in [1.82, 2.24) is 0 Å². The Morgan fingerprint density at radius 1 is 0.538 bits per heavy atom. The maximum absolute atomic E-state index is 6.24. The smallest absolute Gasteiger partial charge is 0.271 e. The molecule has 4 saturated heterocycles. The standard InChI is InChI=1S/C18H24O8/c1-11-19-7-13-14(8-20-11)24-17(23-13)3-5-18(6-4-17)25-15-9-21-12(2)22-10-16(15)26-18/h13-16H,1-10H2. The van der Waals surface area contributed by atoms with E-state index in [9.17, 15) is 0 Å². The van der Waals surface area contributed by atoms with Crippen molar-refractivity contribution in [3.8, 4) is 0 Å². The Kier molecular flexibility index (Phi) is 3.86. The minimum atomic E-state index is -0.620. The fraction of sp³-hybridized carbons (Fsp3) is 0.778. The summed E-state index contributed by atoms with van der Waals surface area (Å²) in [5.41, 5.74) is 0. The summed E-state index contributed by atoms with van der Waals surface area (Å²) in [6, 6.07) is 0. The monoisotopic (exact) mass is 368 g/mol. The lowest BCUT2D eigenvalue weighted by atomic mass is 9.89. The van der Waals surface area contributed by atoms with Crippen molar-refractivity contribution >= 4 is 0 Å². The van der Waals surface area contributed by atoms with Gasteiger partial charge in [-0.2, -0.15) is 0 Å². The molecule has 0 aromatic rings. The van der Waals surface area contributed by atoms with Gasteiger partial charge in [0.15, 0.2) is 11.6 Å². The highest BCUT2D eigenvalue weighted by Crippen LogP contribution is 2.49. The third-order valence-electron chi connectivity index (χ3n) is 5.70. The SMILES string of the molecule is C=C1OCC2OC3(CCC4(CC3)OC3COC(=C)OCC3O4)OC2CO1. The Balaban J connectivity index is 1.22. The molecule has 0 amide bonds. The fourth-order valence-electron chi connectivity index (χ4n) is 4.29. The third kappa shape index (κ3) is 2.85. The summed E-state index contributed by atoms with van der Waals surface area (Å²) in [5, 5.41) is 0. The van der Waals surface area contributed by atoms with E-state index in [1.54, 1.807) is 0 Å². The molecule has 4 unspecified atom stereocenters. The summed E-state index contributed by atoms with van der Waals surface area (Å²) >= 11 is 0. The van der Waals surface area contributed by atoms with Crippen molar-refractivity contribution < 1.29 is 37.9 Å². The molecule has 1 saturated carbocycles. The van der Waals surface area contributed by atoms with Gasteiger partial charge in [-0.25, -0.2) is 0 Å². The molecule has 0 N–H and O–H groups in total. The second kappa shape index (κ2) is 6.02. The van der Waals surface area contributed by atoms with Crippen LogP contribution in [0, 0.1) is 0 Å². The normalized spacial score (nSPS) is 47.8. The first-order valence-corrected chi connectivity index (χ1v) is 9.15. The van der Waals surface area contributed by atoms with Gasteiger partial charge in [0.2, 0.25) is 0 Å². The maximum atomic E-state index is 6.24. The fourth-order valence-corrected chi connectivity index (χ4v) is 4.29. The average molecular weight is 368 g/mol. The van der Waals surface area contributed by atoms with E-state index in [4.69, 9.17) is 37.9 Å². The van der Waals surface area contributed by atoms with Crippen LogP contribution >= 0.6 is 0 Å². The Bertz CT molecular complexity index is 504. The van der Waals surface area contributed by atoms with Gasteiger partial charge in [0.25, 0.3) is 11.9 Å². The summed E-state index contributed by atoms with van der Waals surface area (Å²) in [4.78, 5) is 0. The van der Waals surface area contributed by atoms with Crippen molar-refractivity contribution in [3.05, 3.63) is 25.0 Å². The van der Waals surface area contributed by atoms with Gasteiger partial charge in [-0.1, -0.05) is 0 Å². The highest BCUT2D eigenvalue weighted by molar-refractivity contribution is 4.98. The van der Waals surface area contributed by atoms with E-state index in [0.717, 1.165) is 0 Å². The van der Waals surface area contributed by atoms with Gasteiger partial charge in [0, 0.05) is 25.7 Å². The van der Waals surface area contributed by atoms with Crippen LogP contribution in [0.4, 0.5) is 0 Å². The highest BCUT2D eigenvalue weighted by Gasteiger charge is 2.57. The van der Waals surface area contributed by atoms with Crippen LogP contribution in [0.1, 0.15) is 25.7 Å². The zero-order valence-corrected chi connectivity index (χ0v) is 14.6. The van der Waals surface area contributed by atoms with Gasteiger partial charge >= 0.3 is 0 Å². The van der Waals surface area contributed by atoms with E-state index < -0.39 is 11.6 Å². The first kappa shape index (κ1) is 16.7. The number of fused-ring (bicyclic) bond motifs is 2. The lowest BCUT2D eigenvalue weighted by Gasteiger charge is -2.40. The molecule has 0 bridgehead atoms. The predicted molar refractivity (Wildman–Crippen MR) is 85.5 cm³/mol. The van der Waals surface area contributed by atoms with Crippen molar-refractivity contribution in [3.63, 3.8) is 0 Å². The van der Waals surface area contributed by atoms with Crippen LogP contribution in [0.25, 0.3) is 0 Å². The Labute approximate surface area is 151 Å². The molecule has 2 spiro atoms. The second-order valence-electron chi connectivity index (χ2n) is 7.43. The lowest BCUT2D eigenvalue weighted by molar-refractivity contribution is -0.271.